The van der Waals surface area contributed by atoms with Gasteiger partial charge in [0.05, 0.1) is 26.6 Å². The molecular weight excluding hydrogens is 616 g/mol. The minimum atomic E-state index is -0.845. The minimum absolute atomic E-state index is 0.0163. The summed E-state index contributed by atoms with van der Waals surface area (Å²) in [5, 5.41) is 22.0. The Hall–Kier alpha value is -6.87. The van der Waals surface area contributed by atoms with Crippen LogP contribution in [0, 0.1) is 20.2 Å². The lowest BCUT2D eigenvalue weighted by molar-refractivity contribution is -0.385. The fourth-order valence-electron chi connectivity index (χ4n) is 6.35. The third kappa shape index (κ3) is 5.70. The Labute approximate surface area is 280 Å². The predicted octanol–water partition coefficient (Wildman–Crippen LogP) is 8.93. The lowest BCUT2D eigenvalue weighted by Crippen LogP contribution is -2.38. The summed E-state index contributed by atoms with van der Waals surface area (Å²) >= 11 is 0. The van der Waals surface area contributed by atoms with E-state index in [1.807, 2.05) is 97.1 Å². The average molecular weight is 643 g/mol. The van der Waals surface area contributed by atoms with E-state index in [-0.39, 0.29) is 17.2 Å². The molecule has 1 aliphatic carbocycles. The van der Waals surface area contributed by atoms with Crippen molar-refractivity contribution in [1.29, 1.82) is 0 Å². The van der Waals surface area contributed by atoms with Crippen LogP contribution in [0.2, 0.25) is 0 Å². The number of ketones is 1. The molecule has 0 unspecified atom stereocenters. The molecule has 0 heterocycles. The van der Waals surface area contributed by atoms with Gasteiger partial charge in [-0.3, -0.25) is 35.0 Å². The maximum Gasteiger partial charge on any atom is 0.269 e. The lowest BCUT2D eigenvalue weighted by atomic mass is 9.59. The Balaban J connectivity index is 1.31. The minimum Gasteiger partial charge on any atom is -0.289 e. The number of non-ortho nitro benzene ring substituents is 2. The second kappa shape index (κ2) is 12.7. The molecule has 0 saturated carbocycles. The number of carbonyl (C=O) groups is 1. The molecule has 6 aromatic rings. The van der Waals surface area contributed by atoms with Gasteiger partial charge in [-0.1, -0.05) is 72.8 Å². The number of carbonyl (C=O) groups excluding carboxylic acids is 1. The van der Waals surface area contributed by atoms with Crippen molar-refractivity contribution in [3.8, 4) is 0 Å². The number of nitro groups is 2. The molecule has 236 valence electrons. The van der Waals surface area contributed by atoms with Crippen molar-refractivity contribution < 1.29 is 14.6 Å². The van der Waals surface area contributed by atoms with Crippen LogP contribution in [0.4, 0.5) is 22.7 Å². The van der Waals surface area contributed by atoms with Crippen LogP contribution in [0.15, 0.2) is 156 Å². The standard InChI is InChI=1S/C40H26N4O5/c45-39-35-5-1-3-7-37(35)40(38-8-4-2-6-36(38)39,29-13-17-31(18-14-29)41-25-27-9-21-33(22-10-27)43(46)47)30-15-19-32(20-16-30)42-26-28-11-23-34(24-12-28)44(48)49/h1-26H. The van der Waals surface area contributed by atoms with Gasteiger partial charge < -0.3 is 0 Å². The Morgan fingerprint density at radius 3 is 1.22 bits per heavy atom. The monoisotopic (exact) mass is 642 g/mol. The molecule has 0 atom stereocenters. The number of aliphatic imine (C=N–C) groups is 2. The summed E-state index contributed by atoms with van der Waals surface area (Å²) in [6, 6.07) is 43.5. The zero-order chi connectivity index (χ0) is 34.0. The zero-order valence-electron chi connectivity index (χ0n) is 25.8. The molecule has 9 nitrogen and oxygen atoms in total. The molecule has 1 aliphatic rings. The maximum absolute atomic E-state index is 13.8. The number of rotatable bonds is 8. The highest BCUT2D eigenvalue weighted by Gasteiger charge is 2.46. The van der Waals surface area contributed by atoms with Gasteiger partial charge in [-0.15, -0.1) is 0 Å². The topological polar surface area (TPSA) is 128 Å². The maximum atomic E-state index is 13.8. The van der Waals surface area contributed by atoms with E-state index in [4.69, 9.17) is 0 Å². The summed E-state index contributed by atoms with van der Waals surface area (Å²) in [4.78, 5) is 44.2. The molecule has 7 rings (SSSR count). The van der Waals surface area contributed by atoms with Gasteiger partial charge in [-0.05, 0) is 81.9 Å². The number of nitrogens with zero attached hydrogens (tertiary/aromatic N) is 4. The van der Waals surface area contributed by atoms with Crippen LogP contribution in [-0.4, -0.2) is 28.1 Å². The van der Waals surface area contributed by atoms with Crippen molar-refractivity contribution in [2.24, 2.45) is 9.98 Å². The van der Waals surface area contributed by atoms with Crippen LogP contribution in [0.1, 0.15) is 49.3 Å². The van der Waals surface area contributed by atoms with Gasteiger partial charge in [0.1, 0.15) is 0 Å². The van der Waals surface area contributed by atoms with Crippen molar-refractivity contribution in [2.75, 3.05) is 0 Å². The molecule has 49 heavy (non-hydrogen) atoms. The number of fused-ring (bicyclic) bond motifs is 2. The van der Waals surface area contributed by atoms with Crippen molar-refractivity contribution in [3.05, 3.63) is 210 Å². The van der Waals surface area contributed by atoms with Crippen LogP contribution in [0.3, 0.4) is 0 Å². The summed E-state index contributed by atoms with van der Waals surface area (Å²) in [5.74, 6) is -0.0320. The first kappa shape index (κ1) is 30.8. The highest BCUT2D eigenvalue weighted by Crippen LogP contribution is 2.51. The Kier molecular flexibility index (Phi) is 7.99. The molecule has 0 saturated heterocycles. The molecule has 0 bridgehead atoms. The first-order valence-electron chi connectivity index (χ1n) is 15.4. The molecule has 0 fully saturated rings. The van der Waals surface area contributed by atoms with E-state index in [2.05, 4.69) is 9.98 Å². The summed E-state index contributed by atoms with van der Waals surface area (Å²) in [6.45, 7) is 0. The van der Waals surface area contributed by atoms with Crippen LogP contribution in [-0.2, 0) is 5.41 Å². The summed E-state index contributed by atoms with van der Waals surface area (Å²) in [6.07, 6.45) is 3.32. The van der Waals surface area contributed by atoms with Gasteiger partial charge in [-0.2, -0.15) is 0 Å². The van der Waals surface area contributed by atoms with Crippen LogP contribution in [0.5, 0.6) is 0 Å². The third-order valence-corrected chi connectivity index (χ3v) is 8.69. The summed E-state index contributed by atoms with van der Waals surface area (Å²) in [5.41, 5.74) is 6.91. The highest BCUT2D eigenvalue weighted by atomic mass is 16.6. The molecule has 0 amide bonds. The number of hydrogen-bond acceptors (Lipinski definition) is 7. The molecule has 0 N–H and O–H groups in total. The fraction of sp³-hybridized carbons (Fsp3) is 0.0250. The highest BCUT2D eigenvalue weighted by molar-refractivity contribution is 6.14. The van der Waals surface area contributed by atoms with E-state index in [9.17, 15) is 25.0 Å². The van der Waals surface area contributed by atoms with E-state index < -0.39 is 15.3 Å². The number of nitro benzene ring substituents is 2. The zero-order valence-corrected chi connectivity index (χ0v) is 25.8. The molecule has 0 spiro atoms. The van der Waals surface area contributed by atoms with Gasteiger partial charge >= 0.3 is 0 Å². The van der Waals surface area contributed by atoms with Crippen LogP contribution >= 0.6 is 0 Å². The van der Waals surface area contributed by atoms with E-state index in [0.29, 0.717) is 22.5 Å². The van der Waals surface area contributed by atoms with E-state index in [1.54, 1.807) is 36.7 Å². The Morgan fingerprint density at radius 1 is 0.490 bits per heavy atom. The van der Waals surface area contributed by atoms with Gasteiger partial charge in [0.15, 0.2) is 5.78 Å². The van der Waals surface area contributed by atoms with Gasteiger partial charge in [0, 0.05) is 47.8 Å². The van der Waals surface area contributed by atoms with Gasteiger partial charge in [-0.25, -0.2) is 0 Å². The van der Waals surface area contributed by atoms with Crippen LogP contribution in [0.25, 0.3) is 0 Å². The van der Waals surface area contributed by atoms with Crippen LogP contribution < -0.4 is 0 Å². The van der Waals surface area contributed by atoms with E-state index in [1.165, 1.54) is 24.3 Å². The smallest absolute Gasteiger partial charge is 0.269 e. The molecule has 0 aliphatic heterocycles. The van der Waals surface area contributed by atoms with E-state index in [0.717, 1.165) is 33.4 Å². The lowest BCUT2D eigenvalue weighted by Gasteiger charge is -2.41. The SMILES string of the molecule is O=C1c2ccccc2C(c2ccc(N=Cc3ccc([N+](=O)[O-])cc3)cc2)(c2ccc(N=Cc3ccc([N+](=O)[O-])cc3)cc2)c2ccccc21. The molecule has 6 aromatic carbocycles. The summed E-state index contributed by atoms with van der Waals surface area (Å²) in [7, 11) is 0. The Morgan fingerprint density at radius 2 is 0.857 bits per heavy atom. The third-order valence-electron chi connectivity index (χ3n) is 8.69. The first-order valence-corrected chi connectivity index (χ1v) is 15.4. The second-order valence-electron chi connectivity index (χ2n) is 11.5. The second-order valence-corrected chi connectivity index (χ2v) is 11.5. The number of hydrogen-bond donors (Lipinski definition) is 0. The molecule has 9 heteroatoms. The molecular formula is C40H26N4O5. The quantitative estimate of drug-likeness (QED) is 0.0929. The average Bonchev–Trinajstić information content (AvgIpc) is 3.14. The van der Waals surface area contributed by atoms with Crippen molar-refractivity contribution >= 4 is 41.0 Å². The summed E-state index contributed by atoms with van der Waals surface area (Å²) < 4.78 is 0. The van der Waals surface area contributed by atoms with E-state index >= 15 is 0 Å². The Bertz CT molecular complexity index is 2110. The normalized spacial score (nSPS) is 13.3. The largest absolute Gasteiger partial charge is 0.289 e. The van der Waals surface area contributed by atoms with Crippen molar-refractivity contribution in [2.45, 2.75) is 5.41 Å². The first-order chi connectivity index (χ1) is 23.8. The van der Waals surface area contributed by atoms with Crippen molar-refractivity contribution in [3.63, 3.8) is 0 Å². The van der Waals surface area contributed by atoms with Crippen molar-refractivity contribution in [1.82, 2.24) is 0 Å². The molecule has 0 radical (unpaired) electrons. The predicted molar refractivity (Wildman–Crippen MR) is 189 cm³/mol. The van der Waals surface area contributed by atoms with Gasteiger partial charge in [0.25, 0.3) is 11.4 Å². The fourth-order valence-corrected chi connectivity index (χ4v) is 6.35. The number of benzene rings is 6. The molecule has 0 aromatic heterocycles. The van der Waals surface area contributed by atoms with Gasteiger partial charge in [0.2, 0.25) is 0 Å².